The fourth-order valence-corrected chi connectivity index (χ4v) is 1.88. The molecule has 0 N–H and O–H groups in total. The molecule has 0 saturated carbocycles. The minimum atomic E-state index is -0.328. The van der Waals surface area contributed by atoms with Crippen molar-refractivity contribution in [3.8, 4) is 0 Å². The van der Waals surface area contributed by atoms with E-state index in [1.54, 1.807) is 31.2 Å². The van der Waals surface area contributed by atoms with Crippen LogP contribution in [0.15, 0.2) is 24.3 Å². The lowest BCUT2D eigenvalue weighted by molar-refractivity contribution is 0.0528. The second-order valence-electron chi connectivity index (χ2n) is 3.69. The third-order valence-electron chi connectivity index (χ3n) is 2.40. The number of esters is 1. The Kier molecular flexibility index (Phi) is 3.29. The molecular formula is C13H12ClNO2. The van der Waals surface area contributed by atoms with Gasteiger partial charge in [0.05, 0.1) is 17.7 Å². The molecule has 4 heteroatoms. The monoisotopic (exact) mass is 249 g/mol. The summed E-state index contributed by atoms with van der Waals surface area (Å²) in [5.74, 6) is -0.328. The zero-order valence-corrected chi connectivity index (χ0v) is 10.4. The average Bonchev–Trinajstić information content (AvgIpc) is 2.27. The molecule has 3 nitrogen and oxygen atoms in total. The second kappa shape index (κ2) is 4.72. The number of carbonyl (C=O) groups excluding carboxylic acids is 1. The molecule has 0 bridgehead atoms. The van der Waals surface area contributed by atoms with E-state index < -0.39 is 0 Å². The number of pyridine rings is 1. The highest BCUT2D eigenvalue weighted by Gasteiger charge is 2.12. The quantitative estimate of drug-likeness (QED) is 0.766. The summed E-state index contributed by atoms with van der Waals surface area (Å²) in [6.07, 6.45) is 0. The molecule has 17 heavy (non-hydrogen) atoms. The van der Waals surface area contributed by atoms with Gasteiger partial charge in [-0.05, 0) is 32.0 Å². The standard InChI is InChI=1S/C13H12ClNO2/c1-3-17-13(16)11-6-8(2)15-12-7-9(14)4-5-10(11)12/h4-7H,3H2,1-2H3. The van der Waals surface area contributed by atoms with Gasteiger partial charge in [-0.3, -0.25) is 4.98 Å². The molecule has 2 rings (SSSR count). The Balaban J connectivity index is 2.65. The van der Waals surface area contributed by atoms with Gasteiger partial charge in [0.15, 0.2) is 0 Å². The molecule has 88 valence electrons. The Morgan fingerprint density at radius 1 is 1.41 bits per heavy atom. The minimum absolute atomic E-state index is 0.328. The van der Waals surface area contributed by atoms with Crippen LogP contribution in [-0.2, 0) is 4.74 Å². The maximum absolute atomic E-state index is 11.8. The van der Waals surface area contributed by atoms with Gasteiger partial charge < -0.3 is 4.74 Å². The number of carbonyl (C=O) groups is 1. The maximum atomic E-state index is 11.8. The van der Waals surface area contributed by atoms with E-state index in [-0.39, 0.29) is 5.97 Å². The van der Waals surface area contributed by atoms with Crippen LogP contribution in [0.2, 0.25) is 5.02 Å². The zero-order chi connectivity index (χ0) is 12.4. The topological polar surface area (TPSA) is 39.2 Å². The molecule has 0 atom stereocenters. The summed E-state index contributed by atoms with van der Waals surface area (Å²) in [5.41, 5.74) is 2.01. The average molecular weight is 250 g/mol. The van der Waals surface area contributed by atoms with Crippen LogP contribution >= 0.6 is 11.6 Å². The van der Waals surface area contributed by atoms with Crippen molar-refractivity contribution in [1.29, 1.82) is 0 Å². The first-order chi connectivity index (χ1) is 8.11. The van der Waals surface area contributed by atoms with Crippen LogP contribution in [0.3, 0.4) is 0 Å². The van der Waals surface area contributed by atoms with Crippen LogP contribution < -0.4 is 0 Å². The second-order valence-corrected chi connectivity index (χ2v) is 4.13. The van der Waals surface area contributed by atoms with E-state index >= 15 is 0 Å². The molecule has 0 aliphatic carbocycles. The largest absolute Gasteiger partial charge is 0.462 e. The molecule has 1 aromatic heterocycles. The molecule has 1 heterocycles. The number of halogens is 1. The highest BCUT2D eigenvalue weighted by atomic mass is 35.5. The van der Waals surface area contributed by atoms with Crippen molar-refractivity contribution >= 4 is 28.5 Å². The summed E-state index contributed by atoms with van der Waals surface area (Å²) in [7, 11) is 0. The van der Waals surface area contributed by atoms with Crippen molar-refractivity contribution in [3.63, 3.8) is 0 Å². The van der Waals surface area contributed by atoms with Crippen molar-refractivity contribution in [2.24, 2.45) is 0 Å². The van der Waals surface area contributed by atoms with Crippen molar-refractivity contribution in [2.45, 2.75) is 13.8 Å². The van der Waals surface area contributed by atoms with E-state index in [0.29, 0.717) is 22.7 Å². The first-order valence-corrected chi connectivity index (χ1v) is 5.73. The number of aromatic nitrogens is 1. The van der Waals surface area contributed by atoms with Crippen LogP contribution in [-0.4, -0.2) is 17.6 Å². The SMILES string of the molecule is CCOC(=O)c1cc(C)nc2cc(Cl)ccc12. The summed E-state index contributed by atoms with van der Waals surface area (Å²) >= 11 is 5.91. The highest BCUT2D eigenvalue weighted by molar-refractivity contribution is 6.31. The first kappa shape index (κ1) is 11.9. The molecular weight excluding hydrogens is 238 g/mol. The Bertz CT molecular complexity index is 576. The number of benzene rings is 1. The highest BCUT2D eigenvalue weighted by Crippen LogP contribution is 2.22. The zero-order valence-electron chi connectivity index (χ0n) is 9.66. The van der Waals surface area contributed by atoms with Gasteiger partial charge in [0.1, 0.15) is 0 Å². The van der Waals surface area contributed by atoms with E-state index in [1.807, 2.05) is 6.92 Å². The smallest absolute Gasteiger partial charge is 0.338 e. The number of nitrogens with zero attached hydrogens (tertiary/aromatic N) is 1. The predicted octanol–water partition coefficient (Wildman–Crippen LogP) is 3.37. The molecule has 0 aliphatic heterocycles. The van der Waals surface area contributed by atoms with Gasteiger partial charge in [-0.2, -0.15) is 0 Å². The maximum Gasteiger partial charge on any atom is 0.338 e. The Morgan fingerprint density at radius 3 is 2.88 bits per heavy atom. The fraction of sp³-hybridized carbons (Fsp3) is 0.231. The van der Waals surface area contributed by atoms with Gasteiger partial charge >= 0.3 is 5.97 Å². The summed E-state index contributed by atoms with van der Waals surface area (Å²) < 4.78 is 5.02. The van der Waals surface area contributed by atoms with Crippen LogP contribution in [0.1, 0.15) is 23.0 Å². The number of rotatable bonds is 2. The molecule has 0 unspecified atom stereocenters. The molecule has 0 saturated heterocycles. The third kappa shape index (κ3) is 2.39. The Morgan fingerprint density at radius 2 is 2.18 bits per heavy atom. The molecule has 0 radical (unpaired) electrons. The number of fused-ring (bicyclic) bond motifs is 1. The van der Waals surface area contributed by atoms with E-state index in [1.165, 1.54) is 0 Å². The number of hydrogen-bond acceptors (Lipinski definition) is 3. The van der Waals surface area contributed by atoms with Crippen molar-refractivity contribution in [2.75, 3.05) is 6.61 Å². The van der Waals surface area contributed by atoms with Gasteiger partial charge in [-0.1, -0.05) is 17.7 Å². The van der Waals surface area contributed by atoms with E-state index in [4.69, 9.17) is 16.3 Å². The van der Waals surface area contributed by atoms with Crippen LogP contribution in [0.25, 0.3) is 10.9 Å². The number of ether oxygens (including phenoxy) is 1. The van der Waals surface area contributed by atoms with Gasteiger partial charge in [-0.25, -0.2) is 4.79 Å². The van der Waals surface area contributed by atoms with Gasteiger partial charge in [0, 0.05) is 16.1 Å². The molecule has 0 spiro atoms. The first-order valence-electron chi connectivity index (χ1n) is 5.36. The lowest BCUT2D eigenvalue weighted by atomic mass is 10.1. The van der Waals surface area contributed by atoms with E-state index in [2.05, 4.69) is 4.98 Å². The molecule has 0 amide bonds. The lowest BCUT2D eigenvalue weighted by Gasteiger charge is -2.07. The van der Waals surface area contributed by atoms with Gasteiger partial charge in [-0.15, -0.1) is 0 Å². The fourth-order valence-electron chi connectivity index (χ4n) is 1.71. The summed E-state index contributed by atoms with van der Waals surface area (Å²) in [5, 5.41) is 1.36. The minimum Gasteiger partial charge on any atom is -0.462 e. The Hall–Kier alpha value is -1.61. The molecule has 1 aromatic carbocycles. The van der Waals surface area contributed by atoms with Crippen molar-refractivity contribution in [1.82, 2.24) is 4.98 Å². The van der Waals surface area contributed by atoms with Crippen molar-refractivity contribution < 1.29 is 9.53 Å². The third-order valence-corrected chi connectivity index (χ3v) is 2.63. The number of aryl methyl sites for hydroxylation is 1. The van der Waals surface area contributed by atoms with Crippen LogP contribution in [0, 0.1) is 6.92 Å². The molecule has 2 aromatic rings. The van der Waals surface area contributed by atoms with Crippen LogP contribution in [0.5, 0.6) is 0 Å². The van der Waals surface area contributed by atoms with Crippen LogP contribution in [0.4, 0.5) is 0 Å². The summed E-state index contributed by atoms with van der Waals surface area (Å²) in [4.78, 5) is 16.2. The molecule has 0 aliphatic rings. The van der Waals surface area contributed by atoms with Gasteiger partial charge in [0.25, 0.3) is 0 Å². The lowest BCUT2D eigenvalue weighted by Crippen LogP contribution is -2.06. The normalized spacial score (nSPS) is 10.5. The predicted molar refractivity (Wildman–Crippen MR) is 67.4 cm³/mol. The Labute approximate surface area is 104 Å². The van der Waals surface area contributed by atoms with E-state index in [9.17, 15) is 4.79 Å². The van der Waals surface area contributed by atoms with E-state index in [0.717, 1.165) is 11.1 Å². The number of hydrogen-bond donors (Lipinski definition) is 0. The summed E-state index contributed by atoms with van der Waals surface area (Å²) in [6, 6.07) is 7.00. The van der Waals surface area contributed by atoms with Gasteiger partial charge in [0.2, 0.25) is 0 Å². The summed E-state index contributed by atoms with van der Waals surface area (Å²) in [6.45, 7) is 3.98. The van der Waals surface area contributed by atoms with Crippen molar-refractivity contribution in [3.05, 3.63) is 40.5 Å². The molecule has 0 fully saturated rings.